The molecular formula is C7H8N6O2. The third kappa shape index (κ3) is 1.68. The van der Waals surface area contributed by atoms with Gasteiger partial charge in [-0.2, -0.15) is 10.2 Å². The van der Waals surface area contributed by atoms with Gasteiger partial charge in [0.15, 0.2) is 5.52 Å². The standard InChI is InChI=1S/C7H8N6O2/c1-13(2)7(14)15-6-4-5(8-3-9-6)11-12-10-4/h3H,1-2H3,(H,8,9,10,11,12). The van der Waals surface area contributed by atoms with E-state index >= 15 is 0 Å². The SMILES string of the molecule is CN(C)C(=O)Oc1ncnc2n[nH]nc12. The van der Waals surface area contributed by atoms with Crippen LogP contribution in [0.5, 0.6) is 5.88 Å². The molecule has 0 fully saturated rings. The van der Waals surface area contributed by atoms with Crippen LogP contribution in [0.4, 0.5) is 4.79 Å². The third-order valence-electron chi connectivity index (χ3n) is 1.64. The summed E-state index contributed by atoms with van der Waals surface area (Å²) in [5.74, 6) is 0.0902. The Hall–Kier alpha value is -2.25. The molecule has 0 unspecified atom stereocenters. The molecule has 8 heteroatoms. The van der Waals surface area contributed by atoms with Crippen LogP contribution in [0, 0.1) is 0 Å². The zero-order valence-electron chi connectivity index (χ0n) is 8.13. The number of nitrogens with zero attached hydrogens (tertiary/aromatic N) is 5. The third-order valence-corrected chi connectivity index (χ3v) is 1.64. The molecule has 0 spiro atoms. The van der Waals surface area contributed by atoms with E-state index in [9.17, 15) is 4.79 Å². The molecule has 2 aromatic rings. The Morgan fingerprint density at radius 3 is 2.93 bits per heavy atom. The number of H-pyrrole nitrogens is 1. The summed E-state index contributed by atoms with van der Waals surface area (Å²) in [6.45, 7) is 0. The van der Waals surface area contributed by atoms with Crippen LogP contribution in [0.3, 0.4) is 0 Å². The van der Waals surface area contributed by atoms with Gasteiger partial charge in [0.2, 0.25) is 5.65 Å². The largest absolute Gasteiger partial charge is 0.416 e. The Morgan fingerprint density at radius 2 is 2.20 bits per heavy atom. The number of aromatic amines is 1. The molecule has 1 N–H and O–H groups in total. The second kappa shape index (κ2) is 3.48. The molecule has 15 heavy (non-hydrogen) atoms. The van der Waals surface area contributed by atoms with E-state index in [4.69, 9.17) is 4.74 Å². The van der Waals surface area contributed by atoms with E-state index < -0.39 is 6.09 Å². The van der Waals surface area contributed by atoms with E-state index in [1.54, 1.807) is 14.1 Å². The number of aromatic nitrogens is 5. The summed E-state index contributed by atoms with van der Waals surface area (Å²) in [5.41, 5.74) is 0.680. The molecule has 0 aliphatic heterocycles. The van der Waals surface area contributed by atoms with Crippen molar-refractivity contribution in [3.8, 4) is 5.88 Å². The minimum atomic E-state index is -0.530. The van der Waals surface area contributed by atoms with Crippen LogP contribution in [0.2, 0.25) is 0 Å². The van der Waals surface area contributed by atoms with Crippen LogP contribution in [0.25, 0.3) is 11.2 Å². The first-order chi connectivity index (χ1) is 7.18. The first-order valence-electron chi connectivity index (χ1n) is 4.09. The Balaban J connectivity index is 2.35. The molecular weight excluding hydrogens is 200 g/mol. The van der Waals surface area contributed by atoms with Gasteiger partial charge in [-0.25, -0.2) is 9.78 Å². The number of hydrogen-bond donors (Lipinski definition) is 1. The Kier molecular flexibility index (Phi) is 2.16. The maximum absolute atomic E-state index is 11.3. The van der Waals surface area contributed by atoms with Crippen molar-refractivity contribution in [2.24, 2.45) is 0 Å². The van der Waals surface area contributed by atoms with Gasteiger partial charge in [0.1, 0.15) is 6.33 Å². The summed E-state index contributed by atoms with van der Waals surface area (Å²) >= 11 is 0. The fourth-order valence-corrected chi connectivity index (χ4v) is 0.905. The molecule has 0 saturated carbocycles. The first kappa shape index (κ1) is 9.31. The minimum Gasteiger partial charge on any atom is -0.388 e. The molecule has 2 rings (SSSR count). The van der Waals surface area contributed by atoms with Crippen molar-refractivity contribution in [3.63, 3.8) is 0 Å². The monoisotopic (exact) mass is 208 g/mol. The summed E-state index contributed by atoms with van der Waals surface area (Å²) in [6, 6.07) is 0. The number of fused-ring (bicyclic) bond motifs is 1. The summed E-state index contributed by atoms with van der Waals surface area (Å²) in [5, 5.41) is 9.89. The molecule has 0 aromatic carbocycles. The quantitative estimate of drug-likeness (QED) is 0.697. The van der Waals surface area contributed by atoms with Gasteiger partial charge in [0, 0.05) is 14.1 Å². The van der Waals surface area contributed by atoms with Crippen molar-refractivity contribution in [1.29, 1.82) is 0 Å². The van der Waals surface area contributed by atoms with Crippen LogP contribution in [-0.2, 0) is 0 Å². The highest BCUT2D eigenvalue weighted by molar-refractivity contribution is 5.78. The van der Waals surface area contributed by atoms with E-state index in [2.05, 4.69) is 25.4 Å². The molecule has 1 amide bonds. The number of hydrogen-bond acceptors (Lipinski definition) is 6. The lowest BCUT2D eigenvalue weighted by Gasteiger charge is -2.09. The molecule has 0 bridgehead atoms. The average Bonchev–Trinajstić information content (AvgIpc) is 2.66. The normalized spacial score (nSPS) is 10.3. The fraction of sp³-hybridized carbons (Fsp3) is 0.286. The molecule has 2 heterocycles. The predicted octanol–water partition coefficient (Wildman–Crippen LogP) is -0.192. The van der Waals surface area contributed by atoms with Gasteiger partial charge in [0.05, 0.1) is 0 Å². The van der Waals surface area contributed by atoms with Crippen molar-refractivity contribution in [2.75, 3.05) is 14.1 Å². The molecule has 0 radical (unpaired) electrons. The highest BCUT2D eigenvalue weighted by Gasteiger charge is 2.13. The summed E-state index contributed by atoms with van der Waals surface area (Å²) in [6.07, 6.45) is 0.723. The predicted molar refractivity (Wildman–Crippen MR) is 49.2 cm³/mol. The lowest BCUT2D eigenvalue weighted by atomic mass is 10.5. The minimum absolute atomic E-state index is 0.0902. The van der Waals surface area contributed by atoms with E-state index in [0.717, 1.165) is 0 Å². The molecule has 0 saturated heterocycles. The van der Waals surface area contributed by atoms with Crippen molar-refractivity contribution in [2.45, 2.75) is 0 Å². The van der Waals surface area contributed by atoms with Crippen molar-refractivity contribution in [3.05, 3.63) is 6.33 Å². The van der Waals surface area contributed by atoms with Crippen LogP contribution in [0.15, 0.2) is 6.33 Å². The zero-order valence-corrected chi connectivity index (χ0v) is 8.13. The van der Waals surface area contributed by atoms with Crippen molar-refractivity contribution < 1.29 is 9.53 Å². The van der Waals surface area contributed by atoms with Crippen LogP contribution in [0.1, 0.15) is 0 Å². The van der Waals surface area contributed by atoms with Crippen molar-refractivity contribution in [1.82, 2.24) is 30.3 Å². The van der Waals surface area contributed by atoms with Crippen LogP contribution >= 0.6 is 0 Å². The number of rotatable bonds is 1. The van der Waals surface area contributed by atoms with Crippen LogP contribution < -0.4 is 4.74 Å². The average molecular weight is 208 g/mol. The lowest BCUT2D eigenvalue weighted by molar-refractivity contribution is 0.170. The van der Waals surface area contributed by atoms with E-state index in [1.165, 1.54) is 11.2 Å². The Morgan fingerprint density at radius 1 is 1.40 bits per heavy atom. The van der Waals surface area contributed by atoms with Gasteiger partial charge in [-0.15, -0.1) is 10.2 Å². The molecule has 0 aliphatic rings. The van der Waals surface area contributed by atoms with E-state index in [0.29, 0.717) is 11.2 Å². The zero-order chi connectivity index (χ0) is 10.8. The molecule has 78 valence electrons. The fourth-order valence-electron chi connectivity index (χ4n) is 0.905. The number of carbonyl (C=O) groups is 1. The van der Waals surface area contributed by atoms with Crippen molar-refractivity contribution >= 4 is 17.3 Å². The van der Waals surface area contributed by atoms with Gasteiger partial charge in [0.25, 0.3) is 5.88 Å². The lowest BCUT2D eigenvalue weighted by Crippen LogP contribution is -2.25. The maximum Gasteiger partial charge on any atom is 0.416 e. The second-order valence-corrected chi connectivity index (χ2v) is 2.94. The number of carbonyl (C=O) groups excluding carboxylic acids is 1. The van der Waals surface area contributed by atoms with Gasteiger partial charge < -0.3 is 9.64 Å². The molecule has 0 atom stereocenters. The van der Waals surface area contributed by atoms with Gasteiger partial charge >= 0.3 is 6.09 Å². The van der Waals surface area contributed by atoms with Crippen LogP contribution in [-0.4, -0.2) is 50.5 Å². The molecule has 8 nitrogen and oxygen atoms in total. The van der Waals surface area contributed by atoms with Gasteiger partial charge in [-0.05, 0) is 0 Å². The number of nitrogens with one attached hydrogen (secondary N) is 1. The number of ether oxygens (including phenoxy) is 1. The van der Waals surface area contributed by atoms with E-state index in [-0.39, 0.29) is 5.88 Å². The second-order valence-electron chi connectivity index (χ2n) is 2.94. The smallest absolute Gasteiger partial charge is 0.388 e. The highest BCUT2D eigenvalue weighted by atomic mass is 16.6. The Labute approximate surface area is 84.3 Å². The molecule has 2 aromatic heterocycles. The summed E-state index contributed by atoms with van der Waals surface area (Å²) in [7, 11) is 3.15. The highest BCUT2D eigenvalue weighted by Crippen LogP contribution is 2.16. The first-order valence-corrected chi connectivity index (χ1v) is 4.09. The summed E-state index contributed by atoms with van der Waals surface area (Å²) < 4.78 is 4.96. The summed E-state index contributed by atoms with van der Waals surface area (Å²) in [4.78, 5) is 20.2. The van der Waals surface area contributed by atoms with Gasteiger partial charge in [-0.1, -0.05) is 0 Å². The number of amides is 1. The van der Waals surface area contributed by atoms with E-state index in [1.807, 2.05) is 0 Å². The van der Waals surface area contributed by atoms with Gasteiger partial charge in [-0.3, -0.25) is 0 Å². The molecule has 0 aliphatic carbocycles. The Bertz CT molecular complexity index is 493. The maximum atomic E-state index is 11.3. The topological polar surface area (TPSA) is 96.9 Å².